The Hall–Kier alpha value is -2.09. The molecule has 0 aromatic heterocycles. The van der Waals surface area contributed by atoms with Crippen LogP contribution in [0.1, 0.15) is 22.3 Å². The molecule has 124 valence electrons. The SMILES string of the molecule is O=C(OC(=O)C(F)(F)F)c1ccc2c(c1)CCC1CNCCN21. The lowest BCUT2D eigenvalue weighted by Crippen LogP contribution is -2.53. The lowest BCUT2D eigenvalue weighted by Gasteiger charge is -2.42. The van der Waals surface area contributed by atoms with Gasteiger partial charge in [0.1, 0.15) is 0 Å². The summed E-state index contributed by atoms with van der Waals surface area (Å²) in [5.74, 6) is -3.78. The maximum atomic E-state index is 12.1. The molecule has 1 saturated heterocycles. The summed E-state index contributed by atoms with van der Waals surface area (Å²) in [6, 6.07) is 5.01. The lowest BCUT2D eigenvalue weighted by molar-refractivity contribution is -0.193. The molecule has 0 aliphatic carbocycles. The van der Waals surface area contributed by atoms with Gasteiger partial charge in [-0.3, -0.25) is 0 Å². The smallest absolute Gasteiger partial charge is 0.383 e. The predicted molar refractivity (Wildman–Crippen MR) is 75.2 cm³/mol. The zero-order valence-corrected chi connectivity index (χ0v) is 12.2. The summed E-state index contributed by atoms with van der Waals surface area (Å²) in [7, 11) is 0. The number of anilines is 1. The summed E-state index contributed by atoms with van der Waals surface area (Å²) in [6.07, 6.45) is -3.55. The number of halogens is 3. The van der Waals surface area contributed by atoms with Crippen molar-refractivity contribution >= 4 is 17.6 Å². The molecule has 1 atom stereocenters. The molecule has 1 N–H and O–H groups in total. The van der Waals surface area contributed by atoms with E-state index in [4.69, 9.17) is 0 Å². The molecule has 3 rings (SSSR count). The fourth-order valence-corrected chi connectivity index (χ4v) is 3.05. The molecule has 23 heavy (non-hydrogen) atoms. The molecule has 1 aromatic carbocycles. The van der Waals surface area contributed by atoms with Crippen LogP contribution in [0.5, 0.6) is 0 Å². The van der Waals surface area contributed by atoms with Gasteiger partial charge in [-0.25, -0.2) is 9.59 Å². The van der Waals surface area contributed by atoms with Gasteiger partial charge in [0.05, 0.1) is 5.56 Å². The van der Waals surface area contributed by atoms with Gasteiger partial charge in [0.25, 0.3) is 0 Å². The van der Waals surface area contributed by atoms with Crippen LogP contribution in [0, 0.1) is 0 Å². The molecule has 1 unspecified atom stereocenters. The highest BCUT2D eigenvalue weighted by Crippen LogP contribution is 2.32. The van der Waals surface area contributed by atoms with Crippen LogP contribution in [0.15, 0.2) is 18.2 Å². The van der Waals surface area contributed by atoms with E-state index in [-0.39, 0.29) is 5.56 Å². The monoisotopic (exact) mass is 328 g/mol. The number of aryl methyl sites for hydroxylation is 1. The van der Waals surface area contributed by atoms with E-state index < -0.39 is 18.1 Å². The summed E-state index contributed by atoms with van der Waals surface area (Å²) in [5, 5.41) is 3.32. The van der Waals surface area contributed by atoms with Crippen LogP contribution in [0.2, 0.25) is 0 Å². The van der Waals surface area contributed by atoms with E-state index in [9.17, 15) is 22.8 Å². The first-order valence-corrected chi connectivity index (χ1v) is 7.30. The third-order valence-corrected chi connectivity index (χ3v) is 4.14. The first-order valence-electron chi connectivity index (χ1n) is 7.30. The van der Waals surface area contributed by atoms with Crippen LogP contribution in [-0.2, 0) is 16.0 Å². The second kappa shape index (κ2) is 5.84. The normalized spacial score (nSPS) is 20.5. The van der Waals surface area contributed by atoms with E-state index in [2.05, 4.69) is 15.0 Å². The van der Waals surface area contributed by atoms with Crippen LogP contribution < -0.4 is 10.2 Å². The van der Waals surface area contributed by atoms with Gasteiger partial charge in [-0.15, -0.1) is 0 Å². The number of piperazine rings is 1. The van der Waals surface area contributed by atoms with Crippen molar-refractivity contribution in [1.82, 2.24) is 5.32 Å². The Kier molecular flexibility index (Phi) is 4.01. The Balaban J connectivity index is 1.79. The molecular formula is C15H15F3N2O3. The fourth-order valence-electron chi connectivity index (χ4n) is 3.05. The number of fused-ring (bicyclic) bond motifs is 3. The standard InChI is InChI=1S/C15H15F3N2O3/c16-15(17,18)14(22)23-13(21)10-2-4-12-9(7-10)1-3-11-8-19-5-6-20(11)12/h2,4,7,11,19H,1,3,5-6,8H2. The van der Waals surface area contributed by atoms with Crippen molar-refractivity contribution in [2.45, 2.75) is 25.1 Å². The molecule has 8 heteroatoms. The van der Waals surface area contributed by atoms with E-state index in [1.54, 1.807) is 6.07 Å². The molecule has 2 aliphatic rings. The summed E-state index contributed by atoms with van der Waals surface area (Å²) in [5.41, 5.74) is 1.83. The number of esters is 2. The van der Waals surface area contributed by atoms with E-state index in [1.165, 1.54) is 12.1 Å². The van der Waals surface area contributed by atoms with E-state index in [1.807, 2.05) is 0 Å². The minimum absolute atomic E-state index is 0.0464. The fraction of sp³-hybridized carbons (Fsp3) is 0.467. The van der Waals surface area contributed by atoms with Gasteiger partial charge in [-0.05, 0) is 36.6 Å². The van der Waals surface area contributed by atoms with Crippen molar-refractivity contribution in [2.24, 2.45) is 0 Å². The number of nitrogens with one attached hydrogen (secondary N) is 1. The predicted octanol–water partition coefficient (Wildman–Crippen LogP) is 1.66. The minimum Gasteiger partial charge on any atom is -0.383 e. The van der Waals surface area contributed by atoms with Gasteiger partial charge in [-0.1, -0.05) is 0 Å². The quantitative estimate of drug-likeness (QED) is 0.628. The second-order valence-corrected chi connectivity index (χ2v) is 5.61. The van der Waals surface area contributed by atoms with Crippen molar-refractivity contribution < 1.29 is 27.5 Å². The average Bonchev–Trinajstić information content (AvgIpc) is 2.53. The van der Waals surface area contributed by atoms with Crippen molar-refractivity contribution in [3.05, 3.63) is 29.3 Å². The Bertz CT molecular complexity index is 645. The maximum absolute atomic E-state index is 12.1. The number of carbonyl (C=O) groups is 2. The third kappa shape index (κ3) is 3.17. The van der Waals surface area contributed by atoms with Crippen LogP contribution in [0.3, 0.4) is 0 Å². The summed E-state index contributed by atoms with van der Waals surface area (Å²) < 4.78 is 40.3. The number of hydrogen-bond donors (Lipinski definition) is 1. The molecule has 2 aliphatic heterocycles. The van der Waals surface area contributed by atoms with Crippen molar-refractivity contribution in [1.29, 1.82) is 0 Å². The summed E-state index contributed by atoms with van der Waals surface area (Å²) in [6.45, 7) is 2.59. The molecule has 0 bridgehead atoms. The van der Waals surface area contributed by atoms with Gasteiger partial charge in [0.15, 0.2) is 0 Å². The number of hydrogen-bond acceptors (Lipinski definition) is 5. The topological polar surface area (TPSA) is 58.6 Å². The van der Waals surface area contributed by atoms with Crippen LogP contribution in [0.4, 0.5) is 18.9 Å². The Morgan fingerprint density at radius 3 is 2.83 bits per heavy atom. The first kappa shape index (κ1) is 15.8. The van der Waals surface area contributed by atoms with Crippen molar-refractivity contribution in [3.63, 3.8) is 0 Å². The van der Waals surface area contributed by atoms with Gasteiger partial charge in [0, 0.05) is 31.4 Å². The molecular weight excluding hydrogens is 313 g/mol. The number of ether oxygens (including phenoxy) is 1. The molecule has 0 amide bonds. The molecule has 0 radical (unpaired) electrons. The number of nitrogens with zero attached hydrogens (tertiary/aromatic N) is 1. The Morgan fingerprint density at radius 2 is 2.09 bits per heavy atom. The highest BCUT2D eigenvalue weighted by atomic mass is 19.4. The van der Waals surface area contributed by atoms with Crippen LogP contribution >= 0.6 is 0 Å². The minimum atomic E-state index is -5.18. The van der Waals surface area contributed by atoms with Gasteiger partial charge >= 0.3 is 18.1 Å². The highest BCUT2D eigenvalue weighted by molar-refractivity contribution is 5.98. The van der Waals surface area contributed by atoms with Gasteiger partial charge in [-0.2, -0.15) is 13.2 Å². The molecule has 1 aromatic rings. The second-order valence-electron chi connectivity index (χ2n) is 5.61. The van der Waals surface area contributed by atoms with Gasteiger partial charge in [0.2, 0.25) is 0 Å². The average molecular weight is 328 g/mol. The number of benzene rings is 1. The largest absolute Gasteiger partial charge is 0.491 e. The Morgan fingerprint density at radius 1 is 1.30 bits per heavy atom. The van der Waals surface area contributed by atoms with Crippen molar-refractivity contribution in [3.8, 4) is 0 Å². The van der Waals surface area contributed by atoms with E-state index in [0.717, 1.165) is 43.7 Å². The van der Waals surface area contributed by atoms with Gasteiger partial charge < -0.3 is 15.0 Å². The third-order valence-electron chi connectivity index (χ3n) is 4.14. The highest BCUT2D eigenvalue weighted by Gasteiger charge is 2.42. The molecule has 0 spiro atoms. The van der Waals surface area contributed by atoms with Crippen molar-refractivity contribution in [2.75, 3.05) is 24.5 Å². The lowest BCUT2D eigenvalue weighted by atomic mass is 9.93. The molecule has 2 heterocycles. The van der Waals surface area contributed by atoms with E-state index in [0.29, 0.717) is 6.04 Å². The number of alkyl halides is 3. The number of rotatable bonds is 1. The van der Waals surface area contributed by atoms with Crippen LogP contribution in [-0.4, -0.2) is 43.8 Å². The zero-order valence-electron chi connectivity index (χ0n) is 12.2. The maximum Gasteiger partial charge on any atom is 0.491 e. The molecule has 0 saturated carbocycles. The molecule has 5 nitrogen and oxygen atoms in total. The summed E-state index contributed by atoms with van der Waals surface area (Å²) >= 11 is 0. The Labute approximate surface area is 130 Å². The van der Waals surface area contributed by atoms with Crippen LogP contribution in [0.25, 0.3) is 0 Å². The van der Waals surface area contributed by atoms with E-state index >= 15 is 0 Å². The summed E-state index contributed by atoms with van der Waals surface area (Å²) in [4.78, 5) is 24.7. The molecule has 1 fully saturated rings. The zero-order chi connectivity index (χ0) is 16.6. The number of carbonyl (C=O) groups excluding carboxylic acids is 2. The first-order chi connectivity index (χ1) is 10.9.